The van der Waals surface area contributed by atoms with E-state index in [4.69, 9.17) is 9.68 Å². The number of nitrogens with one attached hydrogen (secondary N) is 2. The van der Waals surface area contributed by atoms with E-state index >= 15 is 0 Å². The molecule has 0 spiro atoms. The summed E-state index contributed by atoms with van der Waals surface area (Å²) < 4.78 is 6.14. The highest BCUT2D eigenvalue weighted by atomic mass is 79.9. The first kappa shape index (κ1) is 14.2. The van der Waals surface area contributed by atoms with Crippen LogP contribution >= 0.6 is 15.9 Å². The fourth-order valence-electron chi connectivity index (χ4n) is 2.67. The molecule has 3 aromatic rings. The van der Waals surface area contributed by atoms with Crippen molar-refractivity contribution in [1.82, 2.24) is 15.3 Å². The zero-order valence-corrected chi connectivity index (χ0v) is 13.6. The van der Waals surface area contributed by atoms with Crippen LogP contribution in [-0.4, -0.2) is 16.5 Å². The van der Waals surface area contributed by atoms with Crippen LogP contribution in [0.1, 0.15) is 17.0 Å². The number of fused-ring (bicyclic) bond motifs is 2. The average molecular weight is 370 g/mol. The van der Waals surface area contributed by atoms with Crippen molar-refractivity contribution >= 4 is 38.4 Å². The molecule has 1 aliphatic heterocycles. The van der Waals surface area contributed by atoms with E-state index in [1.165, 1.54) is 5.56 Å². The number of anilines is 2. The van der Waals surface area contributed by atoms with Crippen LogP contribution in [0.5, 0.6) is 0 Å². The van der Waals surface area contributed by atoms with Gasteiger partial charge in [-0.15, -0.1) is 0 Å². The number of halogens is 1. The summed E-state index contributed by atoms with van der Waals surface area (Å²) in [4.78, 5) is 8.86. The summed E-state index contributed by atoms with van der Waals surface area (Å²) in [5.41, 5.74) is 3.81. The number of hydrogen-bond acceptors (Lipinski definition) is 6. The van der Waals surface area contributed by atoms with Gasteiger partial charge in [0.05, 0.1) is 28.2 Å². The fourth-order valence-corrected chi connectivity index (χ4v) is 3.18. The normalized spacial score (nSPS) is 13.6. The molecule has 23 heavy (non-hydrogen) atoms. The van der Waals surface area contributed by atoms with E-state index in [0.717, 1.165) is 40.8 Å². The minimum atomic E-state index is 0.266. The third-order valence-corrected chi connectivity index (χ3v) is 4.62. The van der Waals surface area contributed by atoms with Crippen molar-refractivity contribution in [3.05, 3.63) is 46.0 Å². The number of nitrogens with zero attached hydrogens (tertiary/aromatic N) is 3. The zero-order valence-electron chi connectivity index (χ0n) is 12.1. The second-order valence-corrected chi connectivity index (χ2v) is 6.10. The van der Waals surface area contributed by atoms with Crippen LogP contribution in [0, 0.1) is 11.3 Å². The summed E-state index contributed by atoms with van der Waals surface area (Å²) in [5, 5.41) is 16.3. The van der Waals surface area contributed by atoms with Crippen LogP contribution in [0.25, 0.3) is 11.0 Å². The SMILES string of the molecule is N#Cc1cc2c(Br)c(Nc3cnc4c(c3)CCNC4)ncc2o1. The molecule has 3 aromatic heterocycles. The van der Waals surface area contributed by atoms with E-state index < -0.39 is 0 Å². The molecule has 0 aromatic carbocycles. The van der Waals surface area contributed by atoms with Crippen LogP contribution in [0.4, 0.5) is 11.5 Å². The van der Waals surface area contributed by atoms with E-state index in [0.29, 0.717) is 11.4 Å². The maximum atomic E-state index is 8.94. The number of aromatic nitrogens is 2. The quantitative estimate of drug-likeness (QED) is 0.720. The summed E-state index contributed by atoms with van der Waals surface area (Å²) in [6, 6.07) is 5.80. The smallest absolute Gasteiger partial charge is 0.204 e. The van der Waals surface area contributed by atoms with Gasteiger partial charge in [-0.3, -0.25) is 4.98 Å². The number of pyridine rings is 2. The molecule has 4 rings (SSSR count). The van der Waals surface area contributed by atoms with Crippen molar-refractivity contribution in [3.63, 3.8) is 0 Å². The van der Waals surface area contributed by atoms with Crippen molar-refractivity contribution < 1.29 is 4.42 Å². The highest BCUT2D eigenvalue weighted by molar-refractivity contribution is 9.10. The summed E-state index contributed by atoms with van der Waals surface area (Å²) in [6.45, 7) is 1.79. The molecule has 7 heteroatoms. The Kier molecular flexibility index (Phi) is 3.48. The molecule has 1 aliphatic rings. The lowest BCUT2D eigenvalue weighted by Crippen LogP contribution is -2.24. The van der Waals surface area contributed by atoms with Gasteiger partial charge in [-0.25, -0.2) is 4.98 Å². The molecule has 0 unspecified atom stereocenters. The number of rotatable bonds is 2. The second-order valence-electron chi connectivity index (χ2n) is 5.30. The largest absolute Gasteiger partial charge is 0.444 e. The lowest BCUT2D eigenvalue weighted by atomic mass is 10.1. The Labute approximate surface area is 140 Å². The lowest BCUT2D eigenvalue weighted by molar-refractivity contribution is 0.598. The van der Waals surface area contributed by atoms with Crippen LogP contribution in [0.2, 0.25) is 0 Å². The van der Waals surface area contributed by atoms with Crippen LogP contribution in [0.15, 0.2) is 33.4 Å². The molecule has 0 aliphatic carbocycles. The molecule has 114 valence electrons. The number of nitriles is 1. The Hall–Kier alpha value is -2.43. The van der Waals surface area contributed by atoms with Gasteiger partial charge in [0.1, 0.15) is 11.9 Å². The van der Waals surface area contributed by atoms with Gasteiger partial charge in [0, 0.05) is 18.0 Å². The monoisotopic (exact) mass is 369 g/mol. The van der Waals surface area contributed by atoms with Crippen LogP contribution in [0.3, 0.4) is 0 Å². The molecule has 0 saturated heterocycles. The first-order valence-corrected chi connectivity index (χ1v) is 7.97. The van der Waals surface area contributed by atoms with E-state index in [1.54, 1.807) is 18.5 Å². The maximum absolute atomic E-state index is 8.94. The van der Waals surface area contributed by atoms with Gasteiger partial charge in [-0.05, 0) is 40.5 Å². The van der Waals surface area contributed by atoms with Gasteiger partial charge in [0.15, 0.2) is 5.58 Å². The predicted octanol–water partition coefficient (Wildman–Crippen LogP) is 3.25. The lowest BCUT2D eigenvalue weighted by Gasteiger charge is -2.17. The van der Waals surface area contributed by atoms with Crippen molar-refractivity contribution in [1.29, 1.82) is 5.26 Å². The molecular weight excluding hydrogens is 358 g/mol. The summed E-state index contributed by atoms with van der Waals surface area (Å²) in [6.07, 6.45) is 4.39. The molecule has 0 fully saturated rings. The average Bonchev–Trinajstić information content (AvgIpc) is 3.01. The molecule has 0 amide bonds. The third-order valence-electron chi connectivity index (χ3n) is 3.81. The molecule has 6 nitrogen and oxygen atoms in total. The summed E-state index contributed by atoms with van der Waals surface area (Å²) in [5.74, 6) is 0.932. The van der Waals surface area contributed by atoms with Gasteiger partial charge in [0.2, 0.25) is 5.76 Å². The Balaban J connectivity index is 1.70. The van der Waals surface area contributed by atoms with Crippen LogP contribution in [-0.2, 0) is 13.0 Å². The Morgan fingerprint density at radius 1 is 1.30 bits per heavy atom. The topological polar surface area (TPSA) is 86.8 Å². The van der Waals surface area contributed by atoms with Crippen molar-refractivity contribution in [3.8, 4) is 6.07 Å². The highest BCUT2D eigenvalue weighted by Crippen LogP contribution is 2.33. The van der Waals surface area contributed by atoms with Crippen molar-refractivity contribution in [2.45, 2.75) is 13.0 Å². The Morgan fingerprint density at radius 2 is 2.22 bits per heavy atom. The van der Waals surface area contributed by atoms with Crippen molar-refractivity contribution in [2.75, 3.05) is 11.9 Å². The standard InChI is InChI=1S/C16H12BrN5O/c17-15-12-4-11(5-18)23-14(12)8-21-16(15)22-10-3-9-1-2-19-7-13(9)20-6-10/h3-4,6,8,19H,1-2,7H2,(H,21,22). The molecule has 4 heterocycles. The fraction of sp³-hybridized carbons (Fsp3) is 0.188. The molecule has 2 N–H and O–H groups in total. The minimum Gasteiger partial charge on any atom is -0.444 e. The zero-order chi connectivity index (χ0) is 15.8. The molecule has 0 saturated carbocycles. The van der Waals surface area contributed by atoms with E-state index in [1.807, 2.05) is 6.07 Å². The number of hydrogen-bond donors (Lipinski definition) is 2. The van der Waals surface area contributed by atoms with Gasteiger partial charge in [-0.2, -0.15) is 5.26 Å². The van der Waals surface area contributed by atoms with Gasteiger partial charge in [-0.1, -0.05) is 0 Å². The maximum Gasteiger partial charge on any atom is 0.204 e. The minimum absolute atomic E-state index is 0.266. The Morgan fingerprint density at radius 3 is 3.09 bits per heavy atom. The second kappa shape index (κ2) is 5.65. The molecule has 0 atom stereocenters. The first-order valence-electron chi connectivity index (χ1n) is 7.18. The molecule has 0 bridgehead atoms. The number of furan rings is 1. The van der Waals surface area contributed by atoms with Crippen molar-refractivity contribution in [2.24, 2.45) is 0 Å². The molecule has 0 radical (unpaired) electrons. The van der Waals surface area contributed by atoms with Gasteiger partial charge in [0.25, 0.3) is 0 Å². The summed E-state index contributed by atoms with van der Waals surface area (Å²) in [7, 11) is 0. The van der Waals surface area contributed by atoms with Gasteiger partial charge >= 0.3 is 0 Å². The third kappa shape index (κ3) is 2.56. The predicted molar refractivity (Wildman–Crippen MR) is 89.4 cm³/mol. The van der Waals surface area contributed by atoms with Crippen LogP contribution < -0.4 is 10.6 Å². The first-order chi connectivity index (χ1) is 11.2. The van der Waals surface area contributed by atoms with E-state index in [-0.39, 0.29) is 5.76 Å². The summed E-state index contributed by atoms with van der Waals surface area (Å²) >= 11 is 3.53. The van der Waals surface area contributed by atoms with E-state index in [9.17, 15) is 0 Å². The Bertz CT molecular complexity index is 944. The van der Waals surface area contributed by atoms with E-state index in [2.05, 4.69) is 42.6 Å². The highest BCUT2D eigenvalue weighted by Gasteiger charge is 2.14. The van der Waals surface area contributed by atoms with Gasteiger partial charge < -0.3 is 15.1 Å². The molecular formula is C16H12BrN5O.